The van der Waals surface area contributed by atoms with Crippen molar-refractivity contribution < 1.29 is 18.3 Å². The minimum atomic E-state index is -3.77. The van der Waals surface area contributed by atoms with Crippen molar-refractivity contribution in [2.45, 2.75) is 37.5 Å². The number of aromatic amines is 1. The van der Waals surface area contributed by atoms with E-state index in [9.17, 15) is 13.2 Å². The van der Waals surface area contributed by atoms with Crippen molar-refractivity contribution in [1.29, 1.82) is 0 Å². The summed E-state index contributed by atoms with van der Waals surface area (Å²) in [6, 6.07) is 7.00. The van der Waals surface area contributed by atoms with Crippen molar-refractivity contribution >= 4 is 21.7 Å². The first-order valence-electron chi connectivity index (χ1n) is 7.68. The summed E-state index contributed by atoms with van der Waals surface area (Å²) in [5.41, 5.74) is 2.69. The van der Waals surface area contributed by atoms with E-state index >= 15 is 0 Å². The number of hydrogen-bond acceptors (Lipinski definition) is 3. The quantitative estimate of drug-likeness (QED) is 0.892. The van der Waals surface area contributed by atoms with E-state index in [1.807, 2.05) is 12.1 Å². The third-order valence-corrected chi connectivity index (χ3v) is 6.06. The van der Waals surface area contributed by atoms with Gasteiger partial charge in [-0.2, -0.15) is 0 Å². The maximum atomic E-state index is 12.8. The Balaban J connectivity index is 1.99. The second-order valence-electron chi connectivity index (χ2n) is 6.97. The van der Waals surface area contributed by atoms with Gasteiger partial charge in [0.2, 0.25) is 0 Å². The molecule has 0 spiro atoms. The summed E-state index contributed by atoms with van der Waals surface area (Å²) in [5.74, 6) is -1.19. The van der Waals surface area contributed by atoms with E-state index in [4.69, 9.17) is 5.11 Å². The Morgan fingerprint density at radius 2 is 1.96 bits per heavy atom. The van der Waals surface area contributed by atoms with E-state index in [0.717, 1.165) is 17.2 Å². The van der Waals surface area contributed by atoms with Crippen LogP contribution in [0.15, 0.2) is 35.4 Å². The average Bonchev–Trinajstić information content (AvgIpc) is 3.13. The van der Waals surface area contributed by atoms with Crippen molar-refractivity contribution in [2.24, 2.45) is 0 Å². The number of H-pyrrole nitrogens is 1. The molecule has 0 aliphatic carbocycles. The van der Waals surface area contributed by atoms with Gasteiger partial charge in [-0.25, -0.2) is 13.2 Å². The number of carbonyl (C=O) groups is 1. The van der Waals surface area contributed by atoms with Crippen LogP contribution < -0.4 is 4.31 Å². The molecule has 7 heteroatoms. The Morgan fingerprint density at radius 3 is 2.54 bits per heavy atom. The highest BCUT2D eigenvalue weighted by molar-refractivity contribution is 7.92. The van der Waals surface area contributed by atoms with Crippen molar-refractivity contribution in [3.63, 3.8) is 0 Å². The third-order valence-electron chi connectivity index (χ3n) is 4.27. The number of fused-ring (bicyclic) bond motifs is 1. The fourth-order valence-electron chi connectivity index (χ4n) is 2.86. The summed E-state index contributed by atoms with van der Waals surface area (Å²) < 4.78 is 27.0. The molecule has 2 aromatic rings. The second-order valence-corrected chi connectivity index (χ2v) is 8.84. The molecular weight excluding hydrogens is 328 g/mol. The molecule has 3 rings (SSSR count). The number of rotatable bonds is 3. The van der Waals surface area contributed by atoms with Gasteiger partial charge < -0.3 is 10.1 Å². The van der Waals surface area contributed by atoms with E-state index in [2.05, 4.69) is 31.8 Å². The molecule has 1 aliphatic heterocycles. The third kappa shape index (κ3) is 2.69. The normalized spacial score (nSPS) is 14.7. The van der Waals surface area contributed by atoms with Crippen molar-refractivity contribution in [3.05, 3.63) is 47.3 Å². The lowest BCUT2D eigenvalue weighted by molar-refractivity contribution is 0.0691. The maximum Gasteiger partial charge on any atom is 0.352 e. The zero-order valence-corrected chi connectivity index (χ0v) is 14.6. The minimum Gasteiger partial charge on any atom is -0.477 e. The zero-order valence-electron chi connectivity index (χ0n) is 13.8. The number of nitrogens with zero attached hydrogens (tertiary/aromatic N) is 1. The molecule has 0 bridgehead atoms. The first-order chi connectivity index (χ1) is 11.1. The largest absolute Gasteiger partial charge is 0.477 e. The number of aromatic nitrogens is 1. The second kappa shape index (κ2) is 5.37. The number of hydrogen-bond donors (Lipinski definition) is 2. The van der Waals surface area contributed by atoms with Crippen LogP contribution in [0.2, 0.25) is 0 Å². The molecule has 2 heterocycles. The highest BCUT2D eigenvalue weighted by Gasteiger charge is 2.32. The van der Waals surface area contributed by atoms with Crippen molar-refractivity contribution in [3.8, 4) is 0 Å². The van der Waals surface area contributed by atoms with Crippen LogP contribution in [0, 0.1) is 0 Å². The molecule has 128 valence electrons. The summed E-state index contributed by atoms with van der Waals surface area (Å²) in [6.07, 6.45) is 1.87. The van der Waals surface area contributed by atoms with Crippen LogP contribution in [-0.2, 0) is 21.9 Å². The van der Waals surface area contributed by atoms with Crippen LogP contribution in [0.5, 0.6) is 0 Å². The van der Waals surface area contributed by atoms with E-state index in [1.54, 1.807) is 0 Å². The van der Waals surface area contributed by atoms with Crippen LogP contribution in [-0.4, -0.2) is 31.0 Å². The number of sulfonamides is 1. The molecule has 1 aromatic heterocycles. The van der Waals surface area contributed by atoms with Crippen molar-refractivity contribution in [2.75, 3.05) is 10.8 Å². The molecule has 1 aliphatic rings. The zero-order chi connectivity index (χ0) is 17.7. The molecule has 6 nitrogen and oxygen atoms in total. The summed E-state index contributed by atoms with van der Waals surface area (Å²) >= 11 is 0. The molecule has 0 radical (unpaired) electrons. The topological polar surface area (TPSA) is 90.5 Å². The van der Waals surface area contributed by atoms with Crippen LogP contribution in [0.3, 0.4) is 0 Å². The standard InChI is InChI=1S/C17H20N2O4S/c1-17(2,3)12-4-5-15-11(8-12)6-7-19(15)24(22,23)13-9-14(16(20)21)18-10-13/h4-5,8-10,18H,6-7H2,1-3H3,(H,20,21). The molecule has 24 heavy (non-hydrogen) atoms. The van der Waals surface area contributed by atoms with E-state index in [0.29, 0.717) is 18.7 Å². The molecular formula is C17H20N2O4S. The molecule has 0 amide bonds. The van der Waals surface area contributed by atoms with Gasteiger partial charge in [-0.1, -0.05) is 32.9 Å². The maximum absolute atomic E-state index is 12.8. The molecule has 0 atom stereocenters. The number of carboxylic acids is 1. The van der Waals surface area contributed by atoms with Gasteiger partial charge in [0.25, 0.3) is 10.0 Å². The lowest BCUT2D eigenvalue weighted by atomic mass is 9.86. The Labute approximate surface area is 141 Å². The molecule has 0 unspecified atom stereocenters. The predicted octanol–water partition coefficient (Wildman–Crippen LogP) is 2.76. The van der Waals surface area contributed by atoms with Gasteiger partial charge in [0, 0.05) is 12.7 Å². The highest BCUT2D eigenvalue weighted by Crippen LogP contribution is 2.36. The fourth-order valence-corrected chi connectivity index (χ4v) is 4.36. The van der Waals surface area contributed by atoms with Crippen LogP contribution >= 0.6 is 0 Å². The van der Waals surface area contributed by atoms with Gasteiger partial charge in [0.15, 0.2) is 0 Å². The average molecular weight is 348 g/mol. The Bertz CT molecular complexity index is 907. The molecule has 1 aromatic carbocycles. The molecule has 0 fully saturated rings. The van der Waals surface area contributed by atoms with Gasteiger partial charge >= 0.3 is 5.97 Å². The lowest BCUT2D eigenvalue weighted by Crippen LogP contribution is -2.28. The minimum absolute atomic E-state index is 0.00164. The van der Waals surface area contributed by atoms with Crippen LogP contribution in [0.25, 0.3) is 0 Å². The predicted molar refractivity (Wildman–Crippen MR) is 91.1 cm³/mol. The van der Waals surface area contributed by atoms with Crippen LogP contribution in [0.4, 0.5) is 5.69 Å². The molecule has 2 N–H and O–H groups in total. The number of carboxylic acid groups (broad SMARTS) is 1. The summed E-state index contributed by atoms with van der Waals surface area (Å²) in [5, 5.41) is 8.95. The molecule has 0 saturated carbocycles. The van der Waals surface area contributed by atoms with Gasteiger partial charge in [-0.15, -0.1) is 0 Å². The van der Waals surface area contributed by atoms with E-state index < -0.39 is 16.0 Å². The summed E-state index contributed by atoms with van der Waals surface area (Å²) in [7, 11) is -3.77. The monoisotopic (exact) mass is 348 g/mol. The van der Waals surface area contributed by atoms with Crippen LogP contribution in [0.1, 0.15) is 42.4 Å². The SMILES string of the molecule is CC(C)(C)c1ccc2c(c1)CCN2S(=O)(=O)c1c[nH]c(C(=O)O)c1. The number of anilines is 1. The van der Waals surface area contributed by atoms with Crippen molar-refractivity contribution in [1.82, 2.24) is 4.98 Å². The first kappa shape index (κ1) is 16.6. The Hall–Kier alpha value is -2.28. The smallest absolute Gasteiger partial charge is 0.352 e. The van der Waals surface area contributed by atoms with Gasteiger partial charge in [-0.05, 0) is 35.1 Å². The summed E-state index contributed by atoms with van der Waals surface area (Å²) in [4.78, 5) is 13.4. The molecule has 0 saturated heterocycles. The Morgan fingerprint density at radius 1 is 1.25 bits per heavy atom. The fraction of sp³-hybridized carbons (Fsp3) is 0.353. The summed E-state index contributed by atoms with van der Waals surface area (Å²) in [6.45, 7) is 6.71. The van der Waals surface area contributed by atoms with E-state index in [1.165, 1.54) is 10.5 Å². The first-order valence-corrected chi connectivity index (χ1v) is 9.12. The van der Waals surface area contributed by atoms with E-state index in [-0.39, 0.29) is 16.0 Å². The number of aromatic carboxylic acids is 1. The van der Waals surface area contributed by atoms with Gasteiger partial charge in [-0.3, -0.25) is 4.31 Å². The number of benzene rings is 1. The highest BCUT2D eigenvalue weighted by atomic mass is 32.2. The number of nitrogens with one attached hydrogen (secondary N) is 1. The lowest BCUT2D eigenvalue weighted by Gasteiger charge is -2.22. The van der Waals surface area contributed by atoms with Gasteiger partial charge in [0.05, 0.1) is 5.69 Å². The van der Waals surface area contributed by atoms with Gasteiger partial charge in [0.1, 0.15) is 10.6 Å². The Kier molecular flexibility index (Phi) is 3.71.